The van der Waals surface area contributed by atoms with E-state index in [1.807, 2.05) is 0 Å². The van der Waals surface area contributed by atoms with Crippen LogP contribution in [-0.4, -0.2) is 17.8 Å². The van der Waals surface area contributed by atoms with Gasteiger partial charge in [-0.25, -0.2) is 0 Å². The number of carbonyl (C=O) groups is 2. The molecule has 0 aliphatic heterocycles. The summed E-state index contributed by atoms with van der Waals surface area (Å²) in [5.74, 6) is 0.250. The van der Waals surface area contributed by atoms with Crippen LogP contribution >= 0.6 is 11.6 Å². The molecule has 1 aliphatic rings. The van der Waals surface area contributed by atoms with Gasteiger partial charge in [-0.3, -0.25) is 9.59 Å². The summed E-state index contributed by atoms with van der Waals surface area (Å²) < 4.78 is 4.89. The summed E-state index contributed by atoms with van der Waals surface area (Å²) in [4.78, 5) is 22.1. The number of hydrogen-bond acceptors (Lipinski definition) is 3. The van der Waals surface area contributed by atoms with E-state index in [0.29, 0.717) is 18.9 Å². The molecule has 1 aliphatic carbocycles. The van der Waals surface area contributed by atoms with Gasteiger partial charge in [0.05, 0.1) is 6.61 Å². The SMILES string of the molecule is CCOC(=O)CC1CCC(C(=O)Cl)CC1. The quantitative estimate of drug-likeness (QED) is 0.553. The van der Waals surface area contributed by atoms with Crippen LogP contribution in [0, 0.1) is 11.8 Å². The van der Waals surface area contributed by atoms with Crippen LogP contribution in [0.2, 0.25) is 0 Å². The summed E-state index contributed by atoms with van der Waals surface area (Å²) in [6.45, 7) is 2.25. The van der Waals surface area contributed by atoms with Gasteiger partial charge in [0.2, 0.25) is 5.24 Å². The first-order valence-corrected chi connectivity index (χ1v) is 5.86. The molecule has 0 spiro atoms. The monoisotopic (exact) mass is 232 g/mol. The molecule has 1 saturated carbocycles. The first-order chi connectivity index (χ1) is 7.13. The lowest BCUT2D eigenvalue weighted by Gasteiger charge is -2.25. The first-order valence-electron chi connectivity index (χ1n) is 5.48. The van der Waals surface area contributed by atoms with Crippen LogP contribution in [0.1, 0.15) is 39.0 Å². The maximum atomic E-state index is 11.2. The lowest BCUT2D eigenvalue weighted by molar-refractivity contribution is -0.144. The van der Waals surface area contributed by atoms with E-state index in [1.54, 1.807) is 6.92 Å². The van der Waals surface area contributed by atoms with Crippen LogP contribution in [0.4, 0.5) is 0 Å². The largest absolute Gasteiger partial charge is 0.466 e. The van der Waals surface area contributed by atoms with Gasteiger partial charge in [-0.2, -0.15) is 0 Å². The van der Waals surface area contributed by atoms with Crippen LogP contribution in [0.25, 0.3) is 0 Å². The number of hydrogen-bond donors (Lipinski definition) is 0. The molecular formula is C11H17ClO3. The fourth-order valence-corrected chi connectivity index (χ4v) is 2.27. The summed E-state index contributed by atoms with van der Waals surface area (Å²) in [6.07, 6.45) is 3.92. The van der Waals surface area contributed by atoms with Crippen molar-refractivity contribution < 1.29 is 14.3 Å². The van der Waals surface area contributed by atoms with Crippen molar-refractivity contribution in [2.75, 3.05) is 6.61 Å². The van der Waals surface area contributed by atoms with Crippen molar-refractivity contribution in [3.05, 3.63) is 0 Å². The van der Waals surface area contributed by atoms with Crippen molar-refractivity contribution in [3.63, 3.8) is 0 Å². The Morgan fingerprint density at radius 2 is 1.87 bits per heavy atom. The summed E-state index contributed by atoms with van der Waals surface area (Å²) >= 11 is 5.43. The van der Waals surface area contributed by atoms with Gasteiger partial charge in [0.1, 0.15) is 0 Å². The Balaban J connectivity index is 2.25. The minimum absolute atomic E-state index is 0.00473. The van der Waals surface area contributed by atoms with Crippen molar-refractivity contribution in [3.8, 4) is 0 Å². The molecule has 3 nitrogen and oxygen atoms in total. The maximum absolute atomic E-state index is 11.2. The lowest BCUT2D eigenvalue weighted by atomic mass is 9.81. The van der Waals surface area contributed by atoms with Gasteiger partial charge < -0.3 is 4.74 Å². The van der Waals surface area contributed by atoms with Crippen LogP contribution in [0.3, 0.4) is 0 Å². The Hall–Kier alpha value is -0.570. The molecular weight excluding hydrogens is 216 g/mol. The average Bonchev–Trinajstić information content (AvgIpc) is 2.18. The van der Waals surface area contributed by atoms with Crippen molar-refractivity contribution in [2.24, 2.45) is 11.8 Å². The molecule has 86 valence electrons. The second-order valence-corrected chi connectivity index (χ2v) is 4.40. The van der Waals surface area contributed by atoms with Gasteiger partial charge in [-0.1, -0.05) is 0 Å². The maximum Gasteiger partial charge on any atom is 0.306 e. The molecule has 0 amide bonds. The molecule has 0 unspecified atom stereocenters. The summed E-state index contributed by atoms with van der Waals surface area (Å²) in [6, 6.07) is 0. The summed E-state index contributed by atoms with van der Waals surface area (Å²) in [5.41, 5.74) is 0. The first kappa shape index (κ1) is 12.5. The highest BCUT2D eigenvalue weighted by Crippen LogP contribution is 2.32. The Labute approximate surface area is 95.1 Å². The van der Waals surface area contributed by atoms with Crippen LogP contribution < -0.4 is 0 Å². The highest BCUT2D eigenvalue weighted by Gasteiger charge is 2.26. The fourth-order valence-electron chi connectivity index (χ4n) is 2.05. The van der Waals surface area contributed by atoms with E-state index in [0.717, 1.165) is 25.7 Å². The molecule has 0 saturated heterocycles. The fraction of sp³-hybridized carbons (Fsp3) is 0.818. The molecule has 0 aromatic heterocycles. The zero-order valence-corrected chi connectivity index (χ0v) is 9.76. The van der Waals surface area contributed by atoms with E-state index in [4.69, 9.17) is 16.3 Å². The van der Waals surface area contributed by atoms with Gasteiger partial charge in [-0.15, -0.1) is 0 Å². The van der Waals surface area contributed by atoms with Crippen LogP contribution in [-0.2, 0) is 14.3 Å². The summed E-state index contributed by atoms with van der Waals surface area (Å²) in [7, 11) is 0. The highest BCUT2D eigenvalue weighted by molar-refractivity contribution is 6.63. The van der Waals surface area contributed by atoms with Gasteiger partial charge in [0, 0.05) is 12.3 Å². The molecule has 0 radical (unpaired) electrons. The van der Waals surface area contributed by atoms with E-state index in [1.165, 1.54) is 0 Å². The standard InChI is InChI=1S/C11H17ClO3/c1-2-15-10(13)7-8-3-5-9(6-4-8)11(12)14/h8-9H,2-7H2,1H3. The average molecular weight is 233 g/mol. The van der Waals surface area contributed by atoms with E-state index < -0.39 is 0 Å². The highest BCUT2D eigenvalue weighted by atomic mass is 35.5. The third-order valence-electron chi connectivity index (χ3n) is 2.93. The lowest BCUT2D eigenvalue weighted by Crippen LogP contribution is -2.21. The van der Waals surface area contributed by atoms with Crippen LogP contribution in [0.5, 0.6) is 0 Å². The molecule has 0 aromatic rings. The van der Waals surface area contributed by atoms with Crippen molar-refractivity contribution in [1.82, 2.24) is 0 Å². The van der Waals surface area contributed by atoms with Gasteiger partial charge in [-0.05, 0) is 50.1 Å². The second kappa shape index (κ2) is 6.11. The van der Waals surface area contributed by atoms with E-state index in [2.05, 4.69) is 0 Å². The minimum Gasteiger partial charge on any atom is -0.466 e. The molecule has 1 fully saturated rings. The number of carbonyl (C=O) groups excluding carboxylic acids is 2. The molecule has 1 rings (SSSR count). The Kier molecular flexibility index (Phi) is 5.09. The number of ether oxygens (including phenoxy) is 1. The Bertz CT molecular complexity index is 232. The molecule has 0 bridgehead atoms. The number of halogens is 1. The van der Waals surface area contributed by atoms with E-state index in [9.17, 15) is 9.59 Å². The van der Waals surface area contributed by atoms with Crippen molar-refractivity contribution >= 4 is 22.8 Å². The molecule has 0 heterocycles. The van der Waals surface area contributed by atoms with E-state index in [-0.39, 0.29) is 17.1 Å². The van der Waals surface area contributed by atoms with Crippen molar-refractivity contribution in [1.29, 1.82) is 0 Å². The van der Waals surface area contributed by atoms with Crippen LogP contribution in [0.15, 0.2) is 0 Å². The molecule has 4 heteroatoms. The van der Waals surface area contributed by atoms with Gasteiger partial charge in [0.25, 0.3) is 0 Å². The Morgan fingerprint density at radius 1 is 1.27 bits per heavy atom. The molecule has 0 N–H and O–H groups in total. The van der Waals surface area contributed by atoms with E-state index >= 15 is 0 Å². The normalized spacial score (nSPS) is 26.0. The second-order valence-electron chi connectivity index (χ2n) is 4.03. The molecule has 0 atom stereocenters. The minimum atomic E-state index is -0.232. The topological polar surface area (TPSA) is 43.4 Å². The third kappa shape index (κ3) is 4.20. The predicted molar refractivity (Wildman–Crippen MR) is 57.6 cm³/mol. The van der Waals surface area contributed by atoms with Gasteiger partial charge >= 0.3 is 5.97 Å². The van der Waals surface area contributed by atoms with Crippen molar-refractivity contribution in [2.45, 2.75) is 39.0 Å². The molecule has 15 heavy (non-hydrogen) atoms. The zero-order chi connectivity index (χ0) is 11.3. The smallest absolute Gasteiger partial charge is 0.306 e. The third-order valence-corrected chi connectivity index (χ3v) is 3.24. The molecule has 0 aromatic carbocycles. The Morgan fingerprint density at radius 3 is 2.33 bits per heavy atom. The number of rotatable bonds is 4. The summed E-state index contributed by atoms with van der Waals surface area (Å²) in [5, 5.41) is -0.232. The predicted octanol–water partition coefficient (Wildman–Crippen LogP) is 2.51. The number of esters is 1. The zero-order valence-electron chi connectivity index (χ0n) is 9.00. The van der Waals surface area contributed by atoms with Gasteiger partial charge in [0.15, 0.2) is 0 Å².